The average Bonchev–Trinajstić information content (AvgIpc) is 3.01. The zero-order chi connectivity index (χ0) is 16.4. The average molecular weight is 315 g/mol. The molecule has 3 N–H and O–H groups in total. The largest absolute Gasteiger partial charge is 0.497 e. The zero-order valence-corrected chi connectivity index (χ0v) is 12.6. The first kappa shape index (κ1) is 15.3. The molecule has 120 valence electrons. The number of aliphatic hydroxyl groups excluding tert-OH is 2. The van der Waals surface area contributed by atoms with Gasteiger partial charge in [-0.2, -0.15) is 0 Å². The zero-order valence-electron chi connectivity index (χ0n) is 12.6. The number of aliphatic hydroxyl groups is 2. The summed E-state index contributed by atoms with van der Waals surface area (Å²) >= 11 is 0. The third-order valence-electron chi connectivity index (χ3n) is 3.63. The molecule has 0 radical (unpaired) electrons. The van der Waals surface area contributed by atoms with Gasteiger partial charge in [-0.1, -0.05) is 0 Å². The summed E-state index contributed by atoms with van der Waals surface area (Å²) in [4.78, 5) is 19.4. The fourth-order valence-electron chi connectivity index (χ4n) is 2.46. The Hall–Kier alpha value is -2.64. The Morgan fingerprint density at radius 3 is 2.96 bits per heavy atom. The van der Waals surface area contributed by atoms with E-state index in [-0.39, 0.29) is 18.7 Å². The molecule has 0 saturated heterocycles. The lowest BCUT2D eigenvalue weighted by atomic mass is 10.1. The van der Waals surface area contributed by atoms with Gasteiger partial charge in [0.15, 0.2) is 0 Å². The lowest BCUT2D eigenvalue weighted by Crippen LogP contribution is -2.21. The Labute approximate surface area is 131 Å². The summed E-state index contributed by atoms with van der Waals surface area (Å²) in [7, 11) is 1.58. The first-order valence-electron chi connectivity index (χ1n) is 7.14. The van der Waals surface area contributed by atoms with E-state index >= 15 is 0 Å². The van der Waals surface area contributed by atoms with E-state index in [1.165, 1.54) is 0 Å². The normalized spacial score (nSPS) is 12.5. The van der Waals surface area contributed by atoms with Crippen LogP contribution in [0.3, 0.4) is 0 Å². The van der Waals surface area contributed by atoms with Gasteiger partial charge in [-0.25, -0.2) is 4.98 Å². The first-order valence-corrected chi connectivity index (χ1v) is 7.14. The van der Waals surface area contributed by atoms with E-state index in [1.54, 1.807) is 42.3 Å². The maximum atomic E-state index is 12.3. The van der Waals surface area contributed by atoms with Crippen LogP contribution in [0.25, 0.3) is 22.3 Å². The molecule has 0 aliphatic carbocycles. The van der Waals surface area contributed by atoms with Gasteiger partial charge >= 0.3 is 0 Å². The Morgan fingerprint density at radius 2 is 2.22 bits per heavy atom. The summed E-state index contributed by atoms with van der Waals surface area (Å²) in [6.07, 6.45) is 2.29. The van der Waals surface area contributed by atoms with E-state index in [1.807, 2.05) is 6.07 Å². The summed E-state index contributed by atoms with van der Waals surface area (Å²) in [6, 6.07) is 7.11. The predicted octanol–water partition coefficient (Wildman–Crippen LogP) is 0.753. The van der Waals surface area contributed by atoms with Crippen molar-refractivity contribution < 1.29 is 14.9 Å². The number of rotatable bonds is 5. The molecule has 1 atom stereocenters. The third kappa shape index (κ3) is 2.96. The molecular formula is C16H17N3O4. The van der Waals surface area contributed by atoms with Gasteiger partial charge in [0.2, 0.25) is 0 Å². The van der Waals surface area contributed by atoms with Crippen molar-refractivity contribution in [2.24, 2.45) is 0 Å². The van der Waals surface area contributed by atoms with Crippen LogP contribution in [-0.2, 0) is 6.54 Å². The van der Waals surface area contributed by atoms with Crippen molar-refractivity contribution in [2.75, 3.05) is 13.7 Å². The van der Waals surface area contributed by atoms with E-state index in [9.17, 15) is 9.90 Å². The highest BCUT2D eigenvalue weighted by Gasteiger charge is 2.14. The molecule has 7 nitrogen and oxygen atoms in total. The Morgan fingerprint density at radius 1 is 1.39 bits per heavy atom. The van der Waals surface area contributed by atoms with Crippen LogP contribution in [0, 0.1) is 0 Å². The number of nitrogens with one attached hydrogen (secondary N) is 1. The van der Waals surface area contributed by atoms with Gasteiger partial charge < -0.3 is 24.5 Å². The van der Waals surface area contributed by atoms with Gasteiger partial charge in [-0.3, -0.25) is 4.79 Å². The van der Waals surface area contributed by atoms with Gasteiger partial charge in [-0.15, -0.1) is 0 Å². The van der Waals surface area contributed by atoms with Crippen molar-refractivity contribution in [3.63, 3.8) is 0 Å². The summed E-state index contributed by atoms with van der Waals surface area (Å²) in [6.45, 7) is -0.204. The Balaban J connectivity index is 2.11. The molecule has 0 amide bonds. The Kier molecular flexibility index (Phi) is 4.14. The molecule has 0 spiro atoms. The molecule has 2 aromatic heterocycles. The number of methoxy groups -OCH3 is 1. The Bertz CT molecular complexity index is 884. The highest BCUT2D eigenvalue weighted by atomic mass is 16.5. The van der Waals surface area contributed by atoms with Crippen LogP contribution < -0.4 is 10.3 Å². The molecule has 0 fully saturated rings. The van der Waals surface area contributed by atoms with Gasteiger partial charge in [0, 0.05) is 23.3 Å². The van der Waals surface area contributed by atoms with Crippen LogP contribution in [0.2, 0.25) is 0 Å². The number of aromatic nitrogens is 3. The van der Waals surface area contributed by atoms with Crippen LogP contribution in [0.1, 0.15) is 0 Å². The number of ether oxygens (including phenoxy) is 1. The number of nitrogens with zero attached hydrogens (tertiary/aromatic N) is 2. The third-order valence-corrected chi connectivity index (χ3v) is 3.63. The number of aromatic amines is 1. The minimum atomic E-state index is -0.914. The van der Waals surface area contributed by atoms with Gasteiger partial charge in [0.05, 0.1) is 31.9 Å². The number of H-pyrrole nitrogens is 1. The summed E-state index contributed by atoms with van der Waals surface area (Å²) < 4.78 is 6.84. The molecule has 23 heavy (non-hydrogen) atoms. The van der Waals surface area contributed by atoms with E-state index in [0.717, 1.165) is 5.39 Å². The second-order valence-electron chi connectivity index (χ2n) is 5.20. The second kappa shape index (κ2) is 6.23. The fraction of sp³-hybridized carbons (Fsp3) is 0.250. The maximum absolute atomic E-state index is 12.3. The van der Waals surface area contributed by atoms with Gasteiger partial charge in [0.1, 0.15) is 11.6 Å². The topological polar surface area (TPSA) is 100 Å². The van der Waals surface area contributed by atoms with Crippen LogP contribution in [0.15, 0.2) is 41.5 Å². The molecule has 0 aliphatic heterocycles. The highest BCUT2D eigenvalue weighted by molar-refractivity contribution is 5.83. The minimum absolute atomic E-state index is 0.154. The van der Waals surface area contributed by atoms with Crippen LogP contribution in [0.4, 0.5) is 0 Å². The number of hydrogen-bond acceptors (Lipinski definition) is 5. The van der Waals surface area contributed by atoms with Crippen LogP contribution in [0.5, 0.6) is 5.75 Å². The van der Waals surface area contributed by atoms with Crippen molar-refractivity contribution >= 4 is 10.9 Å². The lowest BCUT2D eigenvalue weighted by Gasteiger charge is -2.11. The molecule has 7 heteroatoms. The van der Waals surface area contributed by atoms with E-state index in [4.69, 9.17) is 9.84 Å². The second-order valence-corrected chi connectivity index (χ2v) is 5.20. The quantitative estimate of drug-likeness (QED) is 0.645. The summed E-state index contributed by atoms with van der Waals surface area (Å²) in [5, 5.41) is 19.4. The monoisotopic (exact) mass is 315 g/mol. The predicted molar refractivity (Wildman–Crippen MR) is 85.4 cm³/mol. The number of hydrogen-bond donors (Lipinski definition) is 3. The van der Waals surface area contributed by atoms with Crippen molar-refractivity contribution in [3.05, 3.63) is 47.0 Å². The summed E-state index contributed by atoms with van der Waals surface area (Å²) in [5.41, 5.74) is 0.822. The molecule has 0 bridgehead atoms. The fourth-order valence-corrected chi connectivity index (χ4v) is 2.46. The smallest absolute Gasteiger partial charge is 0.259 e. The molecule has 1 aromatic carbocycles. The molecular weight excluding hydrogens is 298 g/mol. The number of imidazole rings is 1. The van der Waals surface area contributed by atoms with Gasteiger partial charge in [-0.05, 0) is 24.3 Å². The first-order chi connectivity index (χ1) is 11.1. The molecule has 3 rings (SSSR count). The van der Waals surface area contributed by atoms with Gasteiger partial charge in [0.25, 0.3) is 5.56 Å². The number of benzene rings is 1. The highest BCUT2D eigenvalue weighted by Crippen LogP contribution is 2.22. The van der Waals surface area contributed by atoms with Crippen molar-refractivity contribution in [2.45, 2.75) is 12.6 Å². The number of fused-ring (bicyclic) bond motifs is 1. The molecule has 0 saturated carbocycles. The van der Waals surface area contributed by atoms with E-state index in [2.05, 4.69) is 9.97 Å². The van der Waals surface area contributed by atoms with Crippen LogP contribution in [-0.4, -0.2) is 44.6 Å². The van der Waals surface area contributed by atoms with E-state index in [0.29, 0.717) is 22.7 Å². The van der Waals surface area contributed by atoms with Crippen molar-refractivity contribution in [1.29, 1.82) is 0 Å². The van der Waals surface area contributed by atoms with Crippen molar-refractivity contribution in [3.8, 4) is 17.1 Å². The van der Waals surface area contributed by atoms with Crippen molar-refractivity contribution in [1.82, 2.24) is 14.5 Å². The number of pyridine rings is 1. The maximum Gasteiger partial charge on any atom is 0.259 e. The SMILES string of the molecule is COc1ccc2[nH]c(=O)c(-c3nccn3CC(O)CO)cc2c1. The van der Waals surface area contributed by atoms with E-state index < -0.39 is 6.10 Å². The minimum Gasteiger partial charge on any atom is -0.497 e. The summed E-state index contributed by atoms with van der Waals surface area (Å²) in [5.74, 6) is 1.12. The molecule has 0 aliphatic rings. The van der Waals surface area contributed by atoms with Crippen LogP contribution >= 0.6 is 0 Å². The molecule has 2 heterocycles. The standard InChI is InChI=1S/C16H17N3O4/c1-23-12-2-3-14-10(6-12)7-13(16(22)18-14)15-17-4-5-19(15)8-11(21)9-20/h2-7,11,20-21H,8-9H2,1H3,(H,18,22). The molecule has 1 unspecified atom stereocenters. The molecule has 3 aromatic rings. The lowest BCUT2D eigenvalue weighted by molar-refractivity contribution is 0.0815.